The third kappa shape index (κ3) is 1.73. The summed E-state index contributed by atoms with van der Waals surface area (Å²) in [5.41, 5.74) is 4.19. The molecule has 0 spiro atoms. The van der Waals surface area contributed by atoms with Crippen LogP contribution in [0, 0.1) is 13.8 Å². The number of carboxylic acids is 1. The number of aliphatic carboxylic acids is 1. The molecule has 3 nitrogen and oxygen atoms in total. The first-order valence-corrected chi connectivity index (χ1v) is 4.87. The van der Waals surface area contributed by atoms with Crippen molar-refractivity contribution in [2.24, 2.45) is 0 Å². The second-order valence-corrected chi connectivity index (χ2v) is 3.89. The van der Waals surface area contributed by atoms with Gasteiger partial charge in [-0.15, -0.1) is 0 Å². The molecule has 15 heavy (non-hydrogen) atoms. The summed E-state index contributed by atoms with van der Waals surface area (Å²) in [6.07, 6.45) is 1.86. The Morgan fingerprint density at radius 2 is 2.13 bits per heavy atom. The van der Waals surface area contributed by atoms with Gasteiger partial charge in [0.1, 0.15) is 0 Å². The number of benzene rings is 1. The van der Waals surface area contributed by atoms with Gasteiger partial charge < -0.3 is 10.1 Å². The molecule has 78 valence electrons. The third-order valence-corrected chi connectivity index (χ3v) is 2.54. The minimum atomic E-state index is -0.795. The molecule has 3 heteroatoms. The van der Waals surface area contributed by atoms with Crippen LogP contribution < -0.4 is 0 Å². The van der Waals surface area contributed by atoms with E-state index in [1.807, 2.05) is 19.9 Å². The van der Waals surface area contributed by atoms with E-state index >= 15 is 0 Å². The van der Waals surface area contributed by atoms with Crippen molar-refractivity contribution in [3.05, 3.63) is 35.0 Å². The van der Waals surface area contributed by atoms with Gasteiger partial charge in [-0.2, -0.15) is 0 Å². The van der Waals surface area contributed by atoms with Crippen molar-refractivity contribution in [1.29, 1.82) is 0 Å². The number of H-pyrrole nitrogens is 1. The summed E-state index contributed by atoms with van der Waals surface area (Å²) >= 11 is 0. The highest BCUT2D eigenvalue weighted by Crippen LogP contribution is 2.24. The van der Waals surface area contributed by atoms with Gasteiger partial charge in [0.25, 0.3) is 0 Å². The minimum absolute atomic E-state index is 0.0733. The lowest BCUT2D eigenvalue weighted by Crippen LogP contribution is -1.99. The predicted molar refractivity (Wildman–Crippen MR) is 59.1 cm³/mol. The molecule has 0 saturated heterocycles. The number of hydrogen-bond acceptors (Lipinski definition) is 1. The fourth-order valence-corrected chi connectivity index (χ4v) is 2.05. The van der Waals surface area contributed by atoms with E-state index in [2.05, 4.69) is 11.1 Å². The van der Waals surface area contributed by atoms with E-state index in [4.69, 9.17) is 5.11 Å². The first-order chi connectivity index (χ1) is 7.08. The number of carbonyl (C=O) groups is 1. The van der Waals surface area contributed by atoms with Gasteiger partial charge in [0, 0.05) is 17.1 Å². The number of carboxylic acid groups (broad SMARTS) is 1. The van der Waals surface area contributed by atoms with Crippen molar-refractivity contribution in [2.75, 3.05) is 0 Å². The Balaban J connectivity index is 2.63. The highest BCUT2D eigenvalue weighted by atomic mass is 16.4. The first-order valence-electron chi connectivity index (χ1n) is 4.87. The minimum Gasteiger partial charge on any atom is -0.481 e. The second-order valence-electron chi connectivity index (χ2n) is 3.89. The van der Waals surface area contributed by atoms with Crippen molar-refractivity contribution >= 4 is 16.9 Å². The second kappa shape index (κ2) is 3.42. The number of aromatic amines is 1. The molecule has 1 aromatic heterocycles. The summed E-state index contributed by atoms with van der Waals surface area (Å²) in [4.78, 5) is 13.8. The maximum Gasteiger partial charge on any atom is 0.307 e. The summed E-state index contributed by atoms with van der Waals surface area (Å²) < 4.78 is 0. The standard InChI is InChI=1S/C12H13NO2/c1-7-3-8(2)12-9(5-11(14)15)6-13-10(12)4-7/h3-4,6,13H,5H2,1-2H3,(H,14,15). The summed E-state index contributed by atoms with van der Waals surface area (Å²) in [6.45, 7) is 4.04. The average Bonchev–Trinajstić information content (AvgIpc) is 2.46. The van der Waals surface area contributed by atoms with Crippen molar-refractivity contribution < 1.29 is 9.90 Å². The molecule has 2 aromatic rings. The molecule has 0 unspecified atom stereocenters. The van der Waals surface area contributed by atoms with Crippen molar-refractivity contribution in [3.8, 4) is 0 Å². The van der Waals surface area contributed by atoms with Crippen LogP contribution in [0.4, 0.5) is 0 Å². The normalized spacial score (nSPS) is 10.8. The Hall–Kier alpha value is -1.77. The molecule has 0 amide bonds. The zero-order valence-corrected chi connectivity index (χ0v) is 8.79. The van der Waals surface area contributed by atoms with Crippen LogP contribution in [0.1, 0.15) is 16.7 Å². The third-order valence-electron chi connectivity index (χ3n) is 2.54. The largest absolute Gasteiger partial charge is 0.481 e. The molecule has 0 atom stereocenters. The number of fused-ring (bicyclic) bond motifs is 1. The molecule has 2 N–H and O–H groups in total. The van der Waals surface area contributed by atoms with Crippen LogP contribution in [0.5, 0.6) is 0 Å². The summed E-state index contributed by atoms with van der Waals surface area (Å²) in [5.74, 6) is -0.795. The van der Waals surface area contributed by atoms with E-state index in [0.29, 0.717) is 0 Å². The quantitative estimate of drug-likeness (QED) is 0.787. The summed E-state index contributed by atoms with van der Waals surface area (Å²) in [6, 6.07) is 4.11. The summed E-state index contributed by atoms with van der Waals surface area (Å²) in [7, 11) is 0. The van der Waals surface area contributed by atoms with Crippen LogP contribution in [0.25, 0.3) is 10.9 Å². The Morgan fingerprint density at radius 1 is 1.40 bits per heavy atom. The lowest BCUT2D eigenvalue weighted by molar-refractivity contribution is -0.136. The monoisotopic (exact) mass is 203 g/mol. The number of rotatable bonds is 2. The Bertz CT molecular complexity index is 526. The molecule has 2 rings (SSSR count). The average molecular weight is 203 g/mol. The van der Waals surface area contributed by atoms with Gasteiger partial charge in [-0.3, -0.25) is 4.79 Å². The highest BCUT2D eigenvalue weighted by Gasteiger charge is 2.09. The fraction of sp³-hybridized carbons (Fsp3) is 0.250. The molecular weight excluding hydrogens is 190 g/mol. The molecule has 0 fully saturated rings. The first kappa shape index (κ1) is 9.77. The van der Waals surface area contributed by atoms with E-state index in [9.17, 15) is 4.79 Å². The smallest absolute Gasteiger partial charge is 0.307 e. The van der Waals surface area contributed by atoms with Crippen molar-refractivity contribution in [2.45, 2.75) is 20.3 Å². The molecule has 1 heterocycles. The van der Waals surface area contributed by atoms with E-state index in [0.717, 1.165) is 22.0 Å². The van der Waals surface area contributed by atoms with E-state index in [1.165, 1.54) is 5.56 Å². The number of aryl methyl sites for hydroxylation is 2. The molecule has 0 saturated carbocycles. The van der Waals surface area contributed by atoms with Gasteiger partial charge >= 0.3 is 5.97 Å². The fourth-order valence-electron chi connectivity index (χ4n) is 2.05. The zero-order valence-electron chi connectivity index (χ0n) is 8.79. The number of hydrogen-bond donors (Lipinski definition) is 2. The predicted octanol–water partition coefficient (Wildman–Crippen LogP) is 2.41. The molecule has 0 aliphatic heterocycles. The molecule has 1 aromatic carbocycles. The van der Waals surface area contributed by atoms with Gasteiger partial charge in [0.05, 0.1) is 6.42 Å². The molecule has 0 radical (unpaired) electrons. The molecule has 0 bridgehead atoms. The molecule has 0 aliphatic carbocycles. The summed E-state index contributed by atoms with van der Waals surface area (Å²) in [5, 5.41) is 9.82. The lowest BCUT2D eigenvalue weighted by Gasteiger charge is -2.01. The van der Waals surface area contributed by atoms with Gasteiger partial charge in [0.2, 0.25) is 0 Å². The number of nitrogens with one attached hydrogen (secondary N) is 1. The molecule has 0 aliphatic rings. The van der Waals surface area contributed by atoms with Crippen molar-refractivity contribution in [1.82, 2.24) is 4.98 Å². The van der Waals surface area contributed by atoms with Gasteiger partial charge in [0.15, 0.2) is 0 Å². The number of aromatic nitrogens is 1. The topological polar surface area (TPSA) is 53.1 Å². The lowest BCUT2D eigenvalue weighted by atomic mass is 10.0. The van der Waals surface area contributed by atoms with Crippen LogP contribution in [-0.2, 0) is 11.2 Å². The van der Waals surface area contributed by atoms with Gasteiger partial charge in [-0.05, 0) is 36.6 Å². The van der Waals surface area contributed by atoms with Gasteiger partial charge in [-0.1, -0.05) is 6.07 Å². The highest BCUT2D eigenvalue weighted by molar-refractivity contribution is 5.90. The van der Waals surface area contributed by atoms with Crippen molar-refractivity contribution in [3.63, 3.8) is 0 Å². The van der Waals surface area contributed by atoms with Crippen LogP contribution >= 0.6 is 0 Å². The SMILES string of the molecule is Cc1cc(C)c2c(CC(=O)O)c[nH]c2c1. The zero-order chi connectivity index (χ0) is 11.0. The van der Waals surface area contributed by atoms with Crippen LogP contribution in [0.15, 0.2) is 18.3 Å². The van der Waals surface area contributed by atoms with E-state index in [1.54, 1.807) is 6.20 Å². The molecular formula is C12H13NO2. The van der Waals surface area contributed by atoms with E-state index < -0.39 is 5.97 Å². The Labute approximate surface area is 87.7 Å². The van der Waals surface area contributed by atoms with Crippen LogP contribution in [0.2, 0.25) is 0 Å². The van der Waals surface area contributed by atoms with Crippen LogP contribution in [-0.4, -0.2) is 16.1 Å². The van der Waals surface area contributed by atoms with Gasteiger partial charge in [-0.25, -0.2) is 0 Å². The Morgan fingerprint density at radius 3 is 2.80 bits per heavy atom. The van der Waals surface area contributed by atoms with E-state index in [-0.39, 0.29) is 6.42 Å². The maximum atomic E-state index is 10.7. The Kier molecular flexibility index (Phi) is 2.23. The maximum absolute atomic E-state index is 10.7. The van der Waals surface area contributed by atoms with Crippen LogP contribution in [0.3, 0.4) is 0 Å².